The average molecular weight is 191 g/mol. The zero-order chi connectivity index (χ0) is 7.15. The van der Waals surface area contributed by atoms with Crippen LogP contribution in [0.1, 0.15) is 13.8 Å². The second-order valence-electron chi connectivity index (χ2n) is 0.983. The summed E-state index contributed by atoms with van der Waals surface area (Å²) in [5.74, 6) is -2.17. The molecule has 0 aliphatic carbocycles. The zero-order valence-electron chi connectivity index (χ0n) is 5.13. The topological polar surface area (TPSA) is 80.3 Å². The normalized spacial score (nSPS) is 5.56. The number of carboxylic acids is 2. The van der Waals surface area contributed by atoms with Crippen LogP contribution < -0.4 is 10.2 Å². The number of rotatable bonds is 0. The molecule has 0 aromatic rings. The average Bonchev–Trinajstić information content (AvgIpc) is 1.25. The van der Waals surface area contributed by atoms with Crippen molar-refractivity contribution in [1.29, 1.82) is 0 Å². The van der Waals surface area contributed by atoms with E-state index in [1.165, 1.54) is 0 Å². The second-order valence-corrected chi connectivity index (χ2v) is 0.983. The summed E-state index contributed by atoms with van der Waals surface area (Å²) in [6, 6.07) is 0. The summed E-state index contributed by atoms with van der Waals surface area (Å²) < 4.78 is 0. The Labute approximate surface area is 63.8 Å². The molecule has 0 saturated heterocycles. The number of carbonyl (C=O) groups is 2. The Balaban J connectivity index is -0.0000000720. The van der Waals surface area contributed by atoms with Crippen molar-refractivity contribution in [2.75, 3.05) is 0 Å². The van der Waals surface area contributed by atoms with Gasteiger partial charge >= 0.3 is 0 Å². The summed E-state index contributed by atoms with van der Waals surface area (Å²) in [4.78, 5) is 17.8. The summed E-state index contributed by atoms with van der Waals surface area (Å²) in [6.07, 6.45) is 0. The van der Waals surface area contributed by atoms with Crippen molar-refractivity contribution < 1.29 is 19.8 Å². The Hall–Kier alpha value is -0.517. The van der Waals surface area contributed by atoms with Gasteiger partial charge in [0.2, 0.25) is 0 Å². The van der Waals surface area contributed by atoms with Crippen LogP contribution in [-0.2, 0) is 9.59 Å². The van der Waals surface area contributed by atoms with E-state index in [4.69, 9.17) is 19.8 Å². The molecule has 0 aromatic carbocycles. The van der Waals surface area contributed by atoms with Gasteiger partial charge in [-0.05, 0) is 13.8 Å². The molecule has 0 bridgehead atoms. The summed E-state index contributed by atoms with van der Waals surface area (Å²) in [5.41, 5.74) is 0. The Morgan fingerprint density at radius 2 is 1.00 bits per heavy atom. The predicted molar refractivity (Wildman–Crippen MR) is 27.1 cm³/mol. The van der Waals surface area contributed by atoms with Crippen LogP contribution in [0.5, 0.6) is 0 Å². The van der Waals surface area contributed by atoms with Crippen LogP contribution in [0, 0.1) is 0 Å². The van der Waals surface area contributed by atoms with E-state index in [9.17, 15) is 0 Å². The number of carboxylic acid groups (broad SMARTS) is 2. The molecule has 0 N–H and O–H groups in total. The molecule has 0 spiro atoms. The van der Waals surface area contributed by atoms with E-state index in [1.807, 2.05) is 0 Å². The molecule has 0 rings (SSSR count). The molecule has 5 heteroatoms. The van der Waals surface area contributed by atoms with Crippen molar-refractivity contribution >= 4 is 29.5 Å². The summed E-state index contributed by atoms with van der Waals surface area (Å²) in [6.45, 7) is 1.94. The first kappa shape index (κ1) is 15.8. The van der Waals surface area contributed by atoms with Gasteiger partial charge in [0.1, 0.15) is 0 Å². The van der Waals surface area contributed by atoms with Gasteiger partial charge in [-0.1, -0.05) is 0 Å². The molecule has 52 valence electrons. The molecule has 0 unspecified atom stereocenters. The van der Waals surface area contributed by atoms with Gasteiger partial charge in [-0.25, -0.2) is 0 Å². The number of hydrogen-bond acceptors (Lipinski definition) is 4. The maximum absolute atomic E-state index is 8.89. The van der Waals surface area contributed by atoms with Gasteiger partial charge in [-0.2, -0.15) is 0 Å². The first-order valence-corrected chi connectivity index (χ1v) is 1.82. The molecule has 0 amide bonds. The summed E-state index contributed by atoms with van der Waals surface area (Å²) in [7, 11) is 0. The molecule has 4 nitrogen and oxygen atoms in total. The number of carbonyl (C=O) groups excluding carboxylic acids is 2. The van der Waals surface area contributed by atoms with Crippen molar-refractivity contribution in [3.63, 3.8) is 0 Å². The SMILES string of the molecule is CC(=O)[O-].CC(=O)[O-].[Ge]. The van der Waals surface area contributed by atoms with E-state index in [-0.39, 0.29) is 17.6 Å². The van der Waals surface area contributed by atoms with E-state index in [0.717, 1.165) is 13.8 Å². The fourth-order valence-electron chi connectivity index (χ4n) is 0. The molecule has 4 radical (unpaired) electrons. The van der Waals surface area contributed by atoms with E-state index in [0.29, 0.717) is 0 Å². The molecule has 0 atom stereocenters. The van der Waals surface area contributed by atoms with Crippen molar-refractivity contribution in [2.24, 2.45) is 0 Å². The van der Waals surface area contributed by atoms with Gasteiger partial charge < -0.3 is 19.8 Å². The van der Waals surface area contributed by atoms with Crippen LogP contribution in [0.25, 0.3) is 0 Å². The Morgan fingerprint density at radius 3 is 1.00 bits per heavy atom. The Kier molecular flexibility index (Phi) is 18.4. The van der Waals surface area contributed by atoms with Crippen LogP contribution in [0.3, 0.4) is 0 Å². The molecule has 0 aliphatic rings. The van der Waals surface area contributed by atoms with Gasteiger partial charge in [-0.15, -0.1) is 0 Å². The van der Waals surface area contributed by atoms with E-state index in [2.05, 4.69) is 0 Å². The standard InChI is InChI=1S/2C2H4O2.Ge/c2*1-2(3)4;/h2*1H3,(H,3,4);/p-2. The quantitative estimate of drug-likeness (QED) is 0.385. The third kappa shape index (κ3) is 841. The van der Waals surface area contributed by atoms with E-state index < -0.39 is 11.9 Å². The first-order valence-electron chi connectivity index (χ1n) is 1.82. The van der Waals surface area contributed by atoms with Crippen LogP contribution in [0.2, 0.25) is 0 Å². The fourth-order valence-corrected chi connectivity index (χ4v) is 0. The number of hydrogen-bond donors (Lipinski definition) is 0. The molecule has 0 aliphatic heterocycles. The maximum atomic E-state index is 8.89. The Bertz CT molecular complexity index is 70.6. The van der Waals surface area contributed by atoms with Gasteiger partial charge in [0.25, 0.3) is 0 Å². The van der Waals surface area contributed by atoms with Crippen molar-refractivity contribution in [1.82, 2.24) is 0 Å². The van der Waals surface area contributed by atoms with Gasteiger partial charge in [0.15, 0.2) is 0 Å². The van der Waals surface area contributed by atoms with E-state index in [1.54, 1.807) is 0 Å². The fraction of sp³-hybridized carbons (Fsp3) is 0.500. The summed E-state index contributed by atoms with van der Waals surface area (Å²) >= 11 is 0. The van der Waals surface area contributed by atoms with Crippen LogP contribution in [0.4, 0.5) is 0 Å². The molecule has 0 saturated carbocycles. The second kappa shape index (κ2) is 10.5. The van der Waals surface area contributed by atoms with Crippen LogP contribution >= 0.6 is 0 Å². The summed E-state index contributed by atoms with van der Waals surface area (Å²) in [5, 5.41) is 17.8. The molecular formula is C4H6GeO4-2. The van der Waals surface area contributed by atoms with Crippen LogP contribution in [0.15, 0.2) is 0 Å². The molecular weight excluding hydrogens is 185 g/mol. The minimum Gasteiger partial charge on any atom is -0.550 e. The van der Waals surface area contributed by atoms with E-state index >= 15 is 0 Å². The largest absolute Gasteiger partial charge is 0.550 e. The van der Waals surface area contributed by atoms with Gasteiger partial charge in [0.05, 0.1) is 0 Å². The van der Waals surface area contributed by atoms with Gasteiger partial charge in [0, 0.05) is 29.5 Å². The minimum absolute atomic E-state index is 0. The molecule has 0 aromatic heterocycles. The third-order valence-corrected chi connectivity index (χ3v) is 0. The first-order chi connectivity index (χ1) is 3.46. The smallest absolute Gasteiger partial charge is 0.0383 e. The third-order valence-electron chi connectivity index (χ3n) is 0. The molecule has 0 fully saturated rings. The van der Waals surface area contributed by atoms with Crippen molar-refractivity contribution in [3.05, 3.63) is 0 Å². The number of aliphatic carboxylic acids is 2. The van der Waals surface area contributed by atoms with Gasteiger partial charge in [-0.3, -0.25) is 0 Å². The van der Waals surface area contributed by atoms with Crippen molar-refractivity contribution in [2.45, 2.75) is 13.8 Å². The van der Waals surface area contributed by atoms with Crippen molar-refractivity contribution in [3.8, 4) is 0 Å². The zero-order valence-corrected chi connectivity index (χ0v) is 7.23. The monoisotopic (exact) mass is 192 g/mol. The molecule has 0 heterocycles. The van der Waals surface area contributed by atoms with Crippen LogP contribution in [-0.4, -0.2) is 29.5 Å². The minimum atomic E-state index is -1.08. The Morgan fingerprint density at radius 1 is 1.00 bits per heavy atom. The maximum Gasteiger partial charge on any atom is 0.0383 e. The predicted octanol–water partition coefficient (Wildman–Crippen LogP) is -2.87. The molecule has 9 heavy (non-hydrogen) atoms.